The second kappa shape index (κ2) is 8.92. The van der Waals surface area contributed by atoms with Gasteiger partial charge in [-0.1, -0.05) is 30.3 Å². The minimum absolute atomic E-state index is 0.472. The SMILES string of the molecule is Cc1oc(-c2ccccc2)nc1CCOc1ccc(CNC(C)(C)C(=O)O)cc1. The van der Waals surface area contributed by atoms with Crippen LogP contribution in [0.25, 0.3) is 11.5 Å². The van der Waals surface area contributed by atoms with Crippen molar-refractivity contribution in [2.24, 2.45) is 0 Å². The standard InChI is InChI=1S/C23H26N2O4/c1-16-20(25-21(29-16)18-7-5-4-6-8-18)13-14-28-19-11-9-17(10-12-19)15-24-23(2,3)22(26)27/h4-12,24H,13-15H2,1-3H3,(H,26,27). The molecule has 0 aliphatic rings. The molecule has 6 nitrogen and oxygen atoms in total. The van der Waals surface area contributed by atoms with Crippen molar-refractivity contribution in [3.05, 3.63) is 71.6 Å². The summed E-state index contributed by atoms with van der Waals surface area (Å²) in [5.41, 5.74) is 1.87. The van der Waals surface area contributed by atoms with E-state index in [9.17, 15) is 4.79 Å². The molecule has 3 aromatic rings. The first-order valence-electron chi connectivity index (χ1n) is 9.57. The predicted molar refractivity (Wildman–Crippen MR) is 111 cm³/mol. The van der Waals surface area contributed by atoms with Crippen molar-refractivity contribution in [1.82, 2.24) is 10.3 Å². The lowest BCUT2D eigenvalue weighted by Gasteiger charge is -2.21. The smallest absolute Gasteiger partial charge is 0.323 e. The van der Waals surface area contributed by atoms with Crippen molar-refractivity contribution in [3.63, 3.8) is 0 Å². The minimum atomic E-state index is -0.969. The zero-order chi connectivity index (χ0) is 20.9. The Bertz CT molecular complexity index is 947. The first kappa shape index (κ1) is 20.6. The molecule has 0 radical (unpaired) electrons. The second-order valence-corrected chi connectivity index (χ2v) is 7.41. The summed E-state index contributed by atoms with van der Waals surface area (Å²) in [7, 11) is 0. The quantitative estimate of drug-likeness (QED) is 0.565. The highest BCUT2D eigenvalue weighted by atomic mass is 16.5. The molecular weight excluding hydrogens is 368 g/mol. The van der Waals surface area contributed by atoms with Crippen molar-refractivity contribution in [3.8, 4) is 17.2 Å². The van der Waals surface area contributed by atoms with Gasteiger partial charge in [0, 0.05) is 18.5 Å². The lowest BCUT2D eigenvalue weighted by atomic mass is 10.1. The van der Waals surface area contributed by atoms with Gasteiger partial charge in [-0.2, -0.15) is 0 Å². The summed E-state index contributed by atoms with van der Waals surface area (Å²) in [6.07, 6.45) is 0.651. The molecule has 0 saturated carbocycles. The number of nitrogens with one attached hydrogen (secondary N) is 1. The Hall–Kier alpha value is -3.12. The van der Waals surface area contributed by atoms with E-state index in [1.807, 2.05) is 61.5 Å². The van der Waals surface area contributed by atoms with Gasteiger partial charge < -0.3 is 14.3 Å². The van der Waals surface area contributed by atoms with Crippen LogP contribution in [0.1, 0.15) is 30.9 Å². The Morgan fingerprint density at radius 3 is 2.48 bits per heavy atom. The number of carboxylic acid groups (broad SMARTS) is 1. The average Bonchev–Trinajstić information content (AvgIpc) is 3.09. The summed E-state index contributed by atoms with van der Waals surface area (Å²) in [5, 5.41) is 12.2. The molecule has 1 heterocycles. The first-order chi connectivity index (χ1) is 13.8. The maximum atomic E-state index is 11.1. The Balaban J connectivity index is 1.51. The molecule has 29 heavy (non-hydrogen) atoms. The van der Waals surface area contributed by atoms with E-state index in [-0.39, 0.29) is 0 Å². The second-order valence-electron chi connectivity index (χ2n) is 7.41. The number of hydrogen-bond acceptors (Lipinski definition) is 5. The van der Waals surface area contributed by atoms with Crippen LogP contribution in [0.2, 0.25) is 0 Å². The molecule has 0 aliphatic heterocycles. The van der Waals surface area contributed by atoms with Crippen LogP contribution >= 0.6 is 0 Å². The van der Waals surface area contributed by atoms with E-state index in [2.05, 4.69) is 10.3 Å². The molecule has 0 bridgehead atoms. The van der Waals surface area contributed by atoms with Crippen molar-refractivity contribution >= 4 is 5.97 Å². The number of oxazole rings is 1. The summed E-state index contributed by atoms with van der Waals surface area (Å²) >= 11 is 0. The van der Waals surface area contributed by atoms with Crippen molar-refractivity contribution < 1.29 is 19.1 Å². The molecule has 0 spiro atoms. The fraction of sp³-hybridized carbons (Fsp3) is 0.304. The third-order valence-corrected chi connectivity index (χ3v) is 4.71. The van der Waals surface area contributed by atoms with Crippen molar-refractivity contribution in [2.75, 3.05) is 6.61 Å². The topological polar surface area (TPSA) is 84.6 Å². The number of aromatic nitrogens is 1. The Labute approximate surface area is 170 Å². The number of benzene rings is 2. The van der Waals surface area contributed by atoms with Gasteiger partial charge in [0.15, 0.2) is 0 Å². The molecule has 0 fully saturated rings. The average molecular weight is 394 g/mol. The Kier molecular flexibility index (Phi) is 6.34. The number of rotatable bonds is 9. The molecule has 0 saturated heterocycles. The van der Waals surface area contributed by atoms with E-state index in [1.165, 1.54) is 0 Å². The van der Waals surface area contributed by atoms with Crippen LogP contribution in [0.5, 0.6) is 5.75 Å². The van der Waals surface area contributed by atoms with Crippen LogP contribution in [-0.4, -0.2) is 28.2 Å². The fourth-order valence-electron chi connectivity index (χ4n) is 2.73. The van der Waals surface area contributed by atoms with Crippen molar-refractivity contribution in [1.29, 1.82) is 0 Å². The number of carboxylic acids is 1. The summed E-state index contributed by atoms with van der Waals surface area (Å²) < 4.78 is 11.6. The zero-order valence-corrected chi connectivity index (χ0v) is 16.9. The van der Waals surface area contributed by atoms with Gasteiger partial charge in [-0.15, -0.1) is 0 Å². The summed E-state index contributed by atoms with van der Waals surface area (Å²) in [6.45, 7) is 6.16. The molecule has 0 atom stereocenters. The zero-order valence-electron chi connectivity index (χ0n) is 16.9. The highest BCUT2D eigenvalue weighted by Crippen LogP contribution is 2.22. The molecule has 2 N–H and O–H groups in total. The van der Waals surface area contributed by atoms with Gasteiger partial charge >= 0.3 is 5.97 Å². The number of aryl methyl sites for hydroxylation is 1. The highest BCUT2D eigenvalue weighted by Gasteiger charge is 2.25. The van der Waals surface area contributed by atoms with Crippen molar-refractivity contribution in [2.45, 2.75) is 39.3 Å². The van der Waals surface area contributed by atoms with Crippen LogP contribution in [0.15, 0.2) is 59.0 Å². The van der Waals surface area contributed by atoms with E-state index in [0.29, 0.717) is 25.5 Å². The van der Waals surface area contributed by atoms with Gasteiger partial charge in [0.2, 0.25) is 5.89 Å². The van der Waals surface area contributed by atoms with Gasteiger partial charge in [-0.05, 0) is 50.6 Å². The van der Waals surface area contributed by atoms with E-state index >= 15 is 0 Å². The monoisotopic (exact) mass is 394 g/mol. The van der Waals surface area contributed by atoms with Gasteiger partial charge in [-0.25, -0.2) is 4.98 Å². The van der Waals surface area contributed by atoms with Gasteiger partial charge in [-0.3, -0.25) is 10.1 Å². The molecule has 3 rings (SSSR count). The number of ether oxygens (including phenoxy) is 1. The summed E-state index contributed by atoms with van der Waals surface area (Å²) in [4.78, 5) is 15.7. The lowest BCUT2D eigenvalue weighted by Crippen LogP contribution is -2.46. The molecule has 1 aromatic heterocycles. The van der Waals surface area contributed by atoms with E-state index in [0.717, 1.165) is 28.3 Å². The third-order valence-electron chi connectivity index (χ3n) is 4.71. The molecular formula is C23H26N2O4. The van der Waals surface area contributed by atoms with Crippen LogP contribution in [-0.2, 0) is 17.8 Å². The molecule has 0 aliphatic carbocycles. The molecule has 2 aromatic carbocycles. The largest absolute Gasteiger partial charge is 0.493 e. The molecule has 0 amide bonds. The van der Waals surface area contributed by atoms with Crippen LogP contribution < -0.4 is 10.1 Å². The number of nitrogens with zero attached hydrogens (tertiary/aromatic N) is 1. The fourth-order valence-corrected chi connectivity index (χ4v) is 2.73. The molecule has 6 heteroatoms. The van der Waals surface area contributed by atoms with E-state index < -0.39 is 11.5 Å². The molecule has 152 valence electrons. The molecule has 0 unspecified atom stereocenters. The maximum Gasteiger partial charge on any atom is 0.323 e. The maximum absolute atomic E-state index is 11.1. The lowest BCUT2D eigenvalue weighted by molar-refractivity contribution is -0.143. The summed E-state index contributed by atoms with van der Waals surface area (Å²) in [5.74, 6) is 1.31. The number of hydrogen-bond donors (Lipinski definition) is 2. The number of carbonyl (C=O) groups is 1. The first-order valence-corrected chi connectivity index (χ1v) is 9.57. The van der Waals surface area contributed by atoms with Gasteiger partial charge in [0.05, 0.1) is 12.3 Å². The van der Waals surface area contributed by atoms with Gasteiger partial charge in [0.1, 0.15) is 17.0 Å². The number of aliphatic carboxylic acids is 1. The highest BCUT2D eigenvalue weighted by molar-refractivity contribution is 5.77. The normalized spacial score (nSPS) is 11.4. The van der Waals surface area contributed by atoms with E-state index in [1.54, 1.807) is 13.8 Å². The van der Waals surface area contributed by atoms with Gasteiger partial charge in [0.25, 0.3) is 0 Å². The summed E-state index contributed by atoms with van der Waals surface area (Å²) in [6, 6.07) is 17.4. The van der Waals surface area contributed by atoms with E-state index in [4.69, 9.17) is 14.3 Å². The Morgan fingerprint density at radius 1 is 1.14 bits per heavy atom. The van der Waals surface area contributed by atoms with Crippen LogP contribution in [0, 0.1) is 6.92 Å². The predicted octanol–water partition coefficient (Wildman–Crippen LogP) is 4.22. The Morgan fingerprint density at radius 2 is 1.83 bits per heavy atom. The van der Waals surface area contributed by atoms with Crippen LogP contribution in [0.3, 0.4) is 0 Å². The minimum Gasteiger partial charge on any atom is -0.493 e. The van der Waals surface area contributed by atoms with Crippen LogP contribution in [0.4, 0.5) is 0 Å². The third kappa shape index (κ3) is 5.45.